The molecule has 0 atom stereocenters. The van der Waals surface area contributed by atoms with Gasteiger partial charge in [-0.05, 0) is 36.1 Å². The number of thiophene rings is 1. The quantitative estimate of drug-likeness (QED) is 0.544. The van der Waals surface area contributed by atoms with E-state index in [0.29, 0.717) is 22.6 Å². The first-order valence-corrected chi connectivity index (χ1v) is 8.82. The van der Waals surface area contributed by atoms with E-state index in [4.69, 9.17) is 4.52 Å². The number of halogens is 1. The Morgan fingerprint density at radius 3 is 2.77 bits per heavy atom. The summed E-state index contributed by atoms with van der Waals surface area (Å²) in [5, 5.41) is 10.4. The van der Waals surface area contributed by atoms with Crippen molar-refractivity contribution in [3.63, 3.8) is 0 Å². The van der Waals surface area contributed by atoms with Crippen molar-refractivity contribution in [2.75, 3.05) is 0 Å². The standard InChI is InChI=1S/C19H14FN3O2S/c1-12-8-16(25-22-12)15-10-18(24)23(11-13-4-2-5-14(20)9-13)21-19(15)17-6-3-7-26-17/h2-10H,11H2,1H3. The highest BCUT2D eigenvalue weighted by atomic mass is 32.1. The van der Waals surface area contributed by atoms with Crippen LogP contribution >= 0.6 is 11.3 Å². The topological polar surface area (TPSA) is 60.9 Å². The van der Waals surface area contributed by atoms with E-state index in [1.54, 1.807) is 18.2 Å². The molecular formula is C19H14FN3O2S. The van der Waals surface area contributed by atoms with E-state index in [0.717, 1.165) is 10.6 Å². The molecule has 3 heterocycles. The van der Waals surface area contributed by atoms with Gasteiger partial charge in [0.05, 0.1) is 22.7 Å². The predicted octanol–water partition coefficient (Wildman–Crippen LogP) is 4.12. The predicted molar refractivity (Wildman–Crippen MR) is 97.5 cm³/mol. The van der Waals surface area contributed by atoms with E-state index in [9.17, 15) is 9.18 Å². The number of rotatable bonds is 4. The Morgan fingerprint density at radius 1 is 1.19 bits per heavy atom. The zero-order chi connectivity index (χ0) is 18.1. The summed E-state index contributed by atoms with van der Waals surface area (Å²) < 4.78 is 20.1. The van der Waals surface area contributed by atoms with Crippen LogP contribution in [0.1, 0.15) is 11.3 Å². The van der Waals surface area contributed by atoms with Gasteiger partial charge in [-0.3, -0.25) is 4.79 Å². The second-order valence-electron chi connectivity index (χ2n) is 5.84. The first kappa shape index (κ1) is 16.4. The minimum atomic E-state index is -0.345. The average Bonchev–Trinajstić information content (AvgIpc) is 3.28. The Bertz CT molecular complexity index is 1120. The minimum absolute atomic E-state index is 0.185. The zero-order valence-corrected chi connectivity index (χ0v) is 14.7. The van der Waals surface area contributed by atoms with Crippen molar-refractivity contribution in [3.8, 4) is 21.9 Å². The highest BCUT2D eigenvalue weighted by Crippen LogP contribution is 2.32. The summed E-state index contributed by atoms with van der Waals surface area (Å²) in [5.74, 6) is 0.149. The molecule has 0 fully saturated rings. The lowest BCUT2D eigenvalue weighted by Crippen LogP contribution is -2.23. The van der Waals surface area contributed by atoms with Gasteiger partial charge < -0.3 is 4.52 Å². The molecule has 7 heteroatoms. The molecule has 1 aromatic carbocycles. The molecule has 0 amide bonds. The van der Waals surface area contributed by atoms with Crippen LogP contribution in [-0.4, -0.2) is 14.9 Å². The van der Waals surface area contributed by atoms with Gasteiger partial charge in [0, 0.05) is 12.1 Å². The fraction of sp³-hybridized carbons (Fsp3) is 0.105. The molecule has 0 saturated carbocycles. The van der Waals surface area contributed by atoms with Gasteiger partial charge in [0.25, 0.3) is 5.56 Å². The molecule has 4 rings (SSSR count). The SMILES string of the molecule is Cc1cc(-c2cc(=O)n(Cc3cccc(F)c3)nc2-c2cccs2)on1. The van der Waals surface area contributed by atoms with Crippen molar-refractivity contribution in [3.05, 3.63) is 81.3 Å². The number of hydrogen-bond acceptors (Lipinski definition) is 5. The third-order valence-electron chi connectivity index (χ3n) is 3.87. The summed E-state index contributed by atoms with van der Waals surface area (Å²) in [4.78, 5) is 13.5. The molecule has 0 spiro atoms. The van der Waals surface area contributed by atoms with Gasteiger partial charge in [0.1, 0.15) is 11.5 Å². The van der Waals surface area contributed by atoms with Crippen molar-refractivity contribution < 1.29 is 8.91 Å². The fourth-order valence-corrected chi connectivity index (χ4v) is 3.41. The first-order valence-electron chi connectivity index (χ1n) is 7.94. The van der Waals surface area contributed by atoms with E-state index >= 15 is 0 Å². The molecule has 0 aliphatic heterocycles. The van der Waals surface area contributed by atoms with E-state index in [-0.39, 0.29) is 17.9 Å². The summed E-state index contributed by atoms with van der Waals surface area (Å²) in [7, 11) is 0. The van der Waals surface area contributed by atoms with Crippen LogP contribution in [-0.2, 0) is 6.54 Å². The van der Waals surface area contributed by atoms with Gasteiger partial charge in [-0.15, -0.1) is 11.3 Å². The molecule has 0 N–H and O–H groups in total. The van der Waals surface area contributed by atoms with E-state index in [2.05, 4.69) is 10.3 Å². The molecule has 0 aliphatic carbocycles. The fourth-order valence-electron chi connectivity index (χ4n) is 2.69. The lowest BCUT2D eigenvalue weighted by atomic mass is 10.1. The van der Waals surface area contributed by atoms with Gasteiger partial charge >= 0.3 is 0 Å². The van der Waals surface area contributed by atoms with E-state index in [1.165, 1.54) is 34.2 Å². The van der Waals surface area contributed by atoms with Gasteiger partial charge in [-0.25, -0.2) is 9.07 Å². The Hall–Kier alpha value is -3.06. The maximum atomic E-state index is 13.4. The second kappa shape index (κ2) is 6.68. The molecule has 0 radical (unpaired) electrons. The lowest BCUT2D eigenvalue weighted by Gasteiger charge is -2.10. The van der Waals surface area contributed by atoms with Crippen molar-refractivity contribution in [2.24, 2.45) is 0 Å². The van der Waals surface area contributed by atoms with Crippen LogP contribution in [0.4, 0.5) is 4.39 Å². The number of benzene rings is 1. The summed E-state index contributed by atoms with van der Waals surface area (Å²) in [6.45, 7) is 2.00. The molecule has 3 aromatic heterocycles. The molecular weight excluding hydrogens is 353 g/mol. The highest BCUT2D eigenvalue weighted by Gasteiger charge is 2.17. The van der Waals surface area contributed by atoms with Crippen LogP contribution in [0.15, 0.2) is 63.2 Å². The number of nitrogens with zero attached hydrogens (tertiary/aromatic N) is 3. The first-order chi connectivity index (χ1) is 12.6. The van der Waals surface area contributed by atoms with E-state index in [1.807, 2.05) is 24.4 Å². The Balaban J connectivity index is 1.84. The summed E-state index contributed by atoms with van der Waals surface area (Å²) >= 11 is 1.52. The summed E-state index contributed by atoms with van der Waals surface area (Å²) in [6.07, 6.45) is 0. The normalized spacial score (nSPS) is 11.0. The Labute approximate surface area is 152 Å². The molecule has 4 aromatic rings. The highest BCUT2D eigenvalue weighted by molar-refractivity contribution is 7.13. The molecule has 0 bridgehead atoms. The third-order valence-corrected chi connectivity index (χ3v) is 4.74. The molecule has 5 nitrogen and oxygen atoms in total. The minimum Gasteiger partial charge on any atom is -0.356 e. The van der Waals surface area contributed by atoms with Crippen molar-refractivity contribution in [2.45, 2.75) is 13.5 Å². The maximum Gasteiger partial charge on any atom is 0.267 e. The third kappa shape index (κ3) is 3.21. The Morgan fingerprint density at radius 2 is 2.08 bits per heavy atom. The monoisotopic (exact) mass is 367 g/mol. The molecule has 26 heavy (non-hydrogen) atoms. The van der Waals surface area contributed by atoms with Crippen LogP contribution in [0.25, 0.3) is 21.9 Å². The summed E-state index contributed by atoms with van der Waals surface area (Å²) in [5.41, 5.74) is 2.32. The Kier molecular flexibility index (Phi) is 4.22. The average molecular weight is 367 g/mol. The van der Waals surface area contributed by atoms with Crippen LogP contribution in [0, 0.1) is 12.7 Å². The maximum absolute atomic E-state index is 13.4. The number of aromatic nitrogens is 3. The van der Waals surface area contributed by atoms with Gasteiger partial charge in [-0.2, -0.15) is 5.10 Å². The number of aryl methyl sites for hydroxylation is 1. The van der Waals surface area contributed by atoms with Crippen LogP contribution in [0.5, 0.6) is 0 Å². The van der Waals surface area contributed by atoms with E-state index < -0.39 is 0 Å². The van der Waals surface area contributed by atoms with Crippen molar-refractivity contribution in [1.82, 2.24) is 14.9 Å². The van der Waals surface area contributed by atoms with Crippen molar-refractivity contribution >= 4 is 11.3 Å². The second-order valence-corrected chi connectivity index (χ2v) is 6.79. The molecule has 0 unspecified atom stereocenters. The van der Waals surface area contributed by atoms with Gasteiger partial charge in [0.15, 0.2) is 5.76 Å². The molecule has 0 aliphatic rings. The lowest BCUT2D eigenvalue weighted by molar-refractivity contribution is 0.426. The van der Waals surface area contributed by atoms with Crippen LogP contribution in [0.3, 0.4) is 0 Å². The zero-order valence-electron chi connectivity index (χ0n) is 13.8. The largest absolute Gasteiger partial charge is 0.356 e. The van der Waals surface area contributed by atoms with Crippen LogP contribution < -0.4 is 5.56 Å². The van der Waals surface area contributed by atoms with Crippen LogP contribution in [0.2, 0.25) is 0 Å². The summed E-state index contributed by atoms with van der Waals surface area (Å²) in [6, 6.07) is 13.2. The smallest absolute Gasteiger partial charge is 0.267 e. The van der Waals surface area contributed by atoms with Gasteiger partial charge in [-0.1, -0.05) is 23.4 Å². The van der Waals surface area contributed by atoms with Crippen molar-refractivity contribution in [1.29, 1.82) is 0 Å². The molecule has 130 valence electrons. The van der Waals surface area contributed by atoms with Gasteiger partial charge in [0.2, 0.25) is 0 Å². The molecule has 0 saturated heterocycles. The number of hydrogen-bond donors (Lipinski definition) is 0.